The number of aryl methyl sites for hydroxylation is 2. The van der Waals surface area contributed by atoms with Gasteiger partial charge in [0, 0.05) is 23.7 Å². The van der Waals surface area contributed by atoms with E-state index in [0.717, 1.165) is 29.8 Å². The van der Waals surface area contributed by atoms with Crippen molar-refractivity contribution in [3.8, 4) is 6.07 Å². The van der Waals surface area contributed by atoms with Crippen molar-refractivity contribution in [2.24, 2.45) is 5.92 Å². The van der Waals surface area contributed by atoms with E-state index >= 15 is 0 Å². The van der Waals surface area contributed by atoms with Gasteiger partial charge in [0.15, 0.2) is 0 Å². The Kier molecular flexibility index (Phi) is 6.27. The molecule has 2 amide bonds. The van der Waals surface area contributed by atoms with Crippen molar-refractivity contribution in [3.63, 3.8) is 0 Å². The second kappa shape index (κ2) is 8.86. The second-order valence-corrected chi connectivity index (χ2v) is 7.29. The van der Waals surface area contributed by atoms with E-state index < -0.39 is 5.82 Å². The van der Waals surface area contributed by atoms with Gasteiger partial charge in [-0.2, -0.15) is 10.4 Å². The Hall–Kier alpha value is -3.21. The van der Waals surface area contributed by atoms with Crippen molar-refractivity contribution in [1.29, 1.82) is 5.26 Å². The summed E-state index contributed by atoms with van der Waals surface area (Å²) in [7, 11) is 0. The monoisotopic (exact) mass is 397 g/mol. The standard InChI is InChI=1S/C21H24FN5O2/c1-13-17(14(2)27(26-13)11-3-10-23)7-9-20(28)24-16-6-8-18(22)19(12-16)25-21(29)15-4-5-15/h6,8,12,15H,3-5,7,9,11H2,1-2H3,(H,24,28)(H,25,29). The predicted octanol–water partition coefficient (Wildman–Crippen LogP) is 3.47. The quantitative estimate of drug-likeness (QED) is 0.712. The third-order valence-electron chi connectivity index (χ3n) is 5.02. The molecule has 0 spiro atoms. The summed E-state index contributed by atoms with van der Waals surface area (Å²) in [5, 5.41) is 18.5. The zero-order valence-electron chi connectivity index (χ0n) is 16.6. The Morgan fingerprint density at radius 1 is 1.31 bits per heavy atom. The first-order valence-corrected chi connectivity index (χ1v) is 9.69. The van der Waals surface area contributed by atoms with Crippen LogP contribution in [0.5, 0.6) is 0 Å². The number of carbonyl (C=O) groups is 2. The second-order valence-electron chi connectivity index (χ2n) is 7.29. The van der Waals surface area contributed by atoms with Gasteiger partial charge in [-0.1, -0.05) is 0 Å². The molecule has 1 aromatic heterocycles. The Morgan fingerprint density at radius 3 is 2.76 bits per heavy atom. The van der Waals surface area contributed by atoms with E-state index in [4.69, 9.17) is 5.26 Å². The van der Waals surface area contributed by atoms with Crippen LogP contribution >= 0.6 is 0 Å². The van der Waals surface area contributed by atoms with E-state index in [1.54, 1.807) is 4.68 Å². The number of rotatable bonds is 8. The maximum atomic E-state index is 13.9. The average molecular weight is 397 g/mol. The zero-order valence-corrected chi connectivity index (χ0v) is 16.6. The highest BCUT2D eigenvalue weighted by molar-refractivity contribution is 5.96. The number of nitriles is 1. The van der Waals surface area contributed by atoms with E-state index in [0.29, 0.717) is 25.1 Å². The number of amides is 2. The van der Waals surface area contributed by atoms with Crippen LogP contribution in [0.1, 0.15) is 42.6 Å². The van der Waals surface area contributed by atoms with Gasteiger partial charge in [-0.25, -0.2) is 4.39 Å². The van der Waals surface area contributed by atoms with Gasteiger partial charge in [0.25, 0.3) is 0 Å². The van der Waals surface area contributed by atoms with E-state index in [1.807, 2.05) is 13.8 Å². The molecule has 1 aromatic carbocycles. The number of benzene rings is 1. The summed E-state index contributed by atoms with van der Waals surface area (Å²) in [6, 6.07) is 6.23. The lowest BCUT2D eigenvalue weighted by molar-refractivity contribution is -0.117. The third-order valence-corrected chi connectivity index (χ3v) is 5.02. The summed E-state index contributed by atoms with van der Waals surface area (Å²) in [4.78, 5) is 24.2. The molecule has 1 saturated carbocycles. The van der Waals surface area contributed by atoms with Gasteiger partial charge in [0.1, 0.15) is 5.82 Å². The molecule has 0 unspecified atom stereocenters. The molecule has 2 aromatic rings. The predicted molar refractivity (Wildman–Crippen MR) is 107 cm³/mol. The van der Waals surface area contributed by atoms with Crippen molar-refractivity contribution in [2.45, 2.75) is 52.5 Å². The molecule has 1 heterocycles. The molecule has 1 aliphatic rings. The highest BCUT2D eigenvalue weighted by Gasteiger charge is 2.30. The molecule has 1 fully saturated rings. The van der Waals surface area contributed by atoms with Crippen molar-refractivity contribution < 1.29 is 14.0 Å². The fourth-order valence-electron chi connectivity index (χ4n) is 3.21. The fraction of sp³-hybridized carbons (Fsp3) is 0.429. The molecule has 0 radical (unpaired) electrons. The zero-order chi connectivity index (χ0) is 21.0. The van der Waals surface area contributed by atoms with Crippen LogP contribution < -0.4 is 10.6 Å². The van der Waals surface area contributed by atoms with E-state index in [9.17, 15) is 14.0 Å². The van der Waals surface area contributed by atoms with Crippen molar-refractivity contribution >= 4 is 23.2 Å². The molecule has 152 valence electrons. The first-order chi connectivity index (χ1) is 13.9. The number of aromatic nitrogens is 2. The minimum absolute atomic E-state index is 0.0341. The number of carbonyl (C=O) groups excluding carboxylic acids is 2. The van der Waals surface area contributed by atoms with Crippen LogP contribution in [0.2, 0.25) is 0 Å². The number of anilines is 2. The number of halogens is 1. The van der Waals surface area contributed by atoms with Crippen LogP contribution in [0.4, 0.5) is 15.8 Å². The van der Waals surface area contributed by atoms with Crippen LogP contribution in [0.15, 0.2) is 18.2 Å². The van der Waals surface area contributed by atoms with Gasteiger partial charge >= 0.3 is 0 Å². The van der Waals surface area contributed by atoms with Crippen LogP contribution in [-0.4, -0.2) is 21.6 Å². The molecule has 0 atom stereocenters. The van der Waals surface area contributed by atoms with Gasteiger partial charge in [0.2, 0.25) is 11.8 Å². The van der Waals surface area contributed by atoms with Crippen LogP contribution in [-0.2, 0) is 22.6 Å². The normalized spacial score (nSPS) is 13.0. The maximum absolute atomic E-state index is 13.9. The molecule has 8 heteroatoms. The highest BCUT2D eigenvalue weighted by atomic mass is 19.1. The Bertz CT molecular complexity index is 972. The third kappa shape index (κ3) is 5.19. The summed E-state index contributed by atoms with van der Waals surface area (Å²) < 4.78 is 15.7. The Morgan fingerprint density at radius 2 is 2.07 bits per heavy atom. The lowest BCUT2D eigenvalue weighted by Gasteiger charge is -2.10. The fourth-order valence-corrected chi connectivity index (χ4v) is 3.21. The van der Waals surface area contributed by atoms with Gasteiger partial charge in [-0.15, -0.1) is 0 Å². The summed E-state index contributed by atoms with van der Waals surface area (Å²) in [5.74, 6) is -0.965. The number of nitrogens with one attached hydrogen (secondary N) is 2. The molecular formula is C21H24FN5O2. The molecule has 1 aliphatic carbocycles. The van der Waals surface area contributed by atoms with Crippen LogP contribution in [0.3, 0.4) is 0 Å². The largest absolute Gasteiger partial charge is 0.326 e. The van der Waals surface area contributed by atoms with Gasteiger partial charge in [-0.05, 0) is 56.9 Å². The first kappa shape index (κ1) is 20.5. The molecule has 0 saturated heterocycles. The van der Waals surface area contributed by atoms with E-state index in [1.165, 1.54) is 18.2 Å². The van der Waals surface area contributed by atoms with Crippen LogP contribution in [0.25, 0.3) is 0 Å². The lowest BCUT2D eigenvalue weighted by atomic mass is 10.1. The van der Waals surface area contributed by atoms with Crippen LogP contribution in [0, 0.1) is 36.9 Å². The molecule has 7 nitrogen and oxygen atoms in total. The minimum atomic E-state index is -0.534. The smallest absolute Gasteiger partial charge is 0.227 e. The summed E-state index contributed by atoms with van der Waals surface area (Å²) >= 11 is 0. The Labute approximate surface area is 168 Å². The highest BCUT2D eigenvalue weighted by Crippen LogP contribution is 2.31. The molecule has 0 bridgehead atoms. The van der Waals surface area contributed by atoms with Crippen molar-refractivity contribution in [3.05, 3.63) is 41.0 Å². The lowest BCUT2D eigenvalue weighted by Crippen LogP contribution is -2.16. The molecule has 3 rings (SSSR count). The minimum Gasteiger partial charge on any atom is -0.326 e. The summed E-state index contributed by atoms with van der Waals surface area (Å²) in [6.45, 7) is 4.34. The van der Waals surface area contributed by atoms with Crippen molar-refractivity contribution in [2.75, 3.05) is 10.6 Å². The van der Waals surface area contributed by atoms with Gasteiger partial charge in [-0.3, -0.25) is 14.3 Å². The maximum Gasteiger partial charge on any atom is 0.227 e. The van der Waals surface area contributed by atoms with Gasteiger partial charge in [0.05, 0.1) is 30.4 Å². The number of hydrogen-bond acceptors (Lipinski definition) is 4. The van der Waals surface area contributed by atoms with Gasteiger partial charge < -0.3 is 10.6 Å². The molecule has 0 aliphatic heterocycles. The molecule has 29 heavy (non-hydrogen) atoms. The average Bonchev–Trinajstić information content (AvgIpc) is 3.49. The molecular weight excluding hydrogens is 373 g/mol. The number of hydrogen-bond donors (Lipinski definition) is 2. The number of nitrogens with zero attached hydrogens (tertiary/aromatic N) is 3. The van der Waals surface area contributed by atoms with E-state index in [2.05, 4.69) is 21.8 Å². The SMILES string of the molecule is Cc1nn(CCC#N)c(C)c1CCC(=O)Nc1ccc(F)c(NC(=O)C2CC2)c1. The Balaban J connectivity index is 1.59. The molecule has 2 N–H and O–H groups in total. The topological polar surface area (TPSA) is 99.8 Å². The van der Waals surface area contributed by atoms with E-state index in [-0.39, 0.29) is 29.8 Å². The first-order valence-electron chi connectivity index (χ1n) is 9.69. The van der Waals surface area contributed by atoms with Crippen molar-refractivity contribution in [1.82, 2.24) is 9.78 Å². The summed E-state index contributed by atoms with van der Waals surface area (Å²) in [5.41, 5.74) is 3.30. The summed E-state index contributed by atoms with van der Waals surface area (Å²) in [6.07, 6.45) is 2.80.